The van der Waals surface area contributed by atoms with E-state index in [9.17, 15) is 4.79 Å². The van der Waals surface area contributed by atoms with E-state index in [0.717, 1.165) is 30.3 Å². The molecule has 3 heterocycles. The third-order valence-corrected chi connectivity index (χ3v) is 4.06. The molecule has 3 rings (SSSR count). The molecule has 0 N–H and O–H groups in total. The smallest absolute Gasteiger partial charge is 0.303 e. The van der Waals surface area contributed by atoms with Crippen molar-refractivity contribution in [2.45, 2.75) is 33.1 Å². The van der Waals surface area contributed by atoms with Gasteiger partial charge in [0.1, 0.15) is 36.6 Å². The van der Waals surface area contributed by atoms with Gasteiger partial charge in [0.2, 0.25) is 0 Å². The normalized spacial score (nSPS) is 17.8. The molecule has 0 bridgehead atoms. The summed E-state index contributed by atoms with van der Waals surface area (Å²) in [7, 11) is 0. The van der Waals surface area contributed by atoms with E-state index in [1.165, 1.54) is 6.92 Å². The molecule has 7 heteroatoms. The number of ether oxygens (including phenoxy) is 3. The zero-order valence-corrected chi connectivity index (χ0v) is 15.1. The molecular weight excluding hydrogens is 336 g/mol. The van der Waals surface area contributed by atoms with Crippen LogP contribution in [0.4, 0.5) is 0 Å². The van der Waals surface area contributed by atoms with Crippen LogP contribution in [0.2, 0.25) is 0 Å². The highest BCUT2D eigenvalue weighted by Crippen LogP contribution is 2.16. The monoisotopic (exact) mass is 360 g/mol. The highest BCUT2D eigenvalue weighted by Gasteiger charge is 2.22. The Labute approximate surface area is 152 Å². The fourth-order valence-corrected chi connectivity index (χ4v) is 2.73. The molecular formula is C19H24N2O5. The summed E-state index contributed by atoms with van der Waals surface area (Å²) in [5, 5.41) is 0. The topological polar surface area (TPSA) is 74.0 Å². The molecule has 1 unspecified atom stereocenters. The van der Waals surface area contributed by atoms with E-state index in [1.54, 1.807) is 6.20 Å². The summed E-state index contributed by atoms with van der Waals surface area (Å²) in [6.07, 6.45) is 1.73. The third-order valence-electron chi connectivity index (χ3n) is 4.06. The maximum Gasteiger partial charge on any atom is 0.303 e. The van der Waals surface area contributed by atoms with Crippen molar-refractivity contribution in [3.8, 4) is 5.75 Å². The molecule has 2 aromatic rings. The number of hydrogen-bond acceptors (Lipinski definition) is 7. The standard InChI is InChI=1S/C19H24N2O5/c1-14-3-4-16(9-20-14)25-13-19-11-21(7-8-23-19)10-17-5-6-18(26-17)12-24-15(2)22/h3-6,9,19H,7-8,10-13H2,1-2H3. The summed E-state index contributed by atoms with van der Waals surface area (Å²) in [6.45, 7) is 6.91. The lowest BCUT2D eigenvalue weighted by Crippen LogP contribution is -2.44. The van der Waals surface area contributed by atoms with Crippen molar-refractivity contribution < 1.29 is 23.4 Å². The van der Waals surface area contributed by atoms with Crippen molar-refractivity contribution in [2.24, 2.45) is 0 Å². The van der Waals surface area contributed by atoms with Crippen LogP contribution in [0.25, 0.3) is 0 Å². The molecule has 0 amide bonds. The van der Waals surface area contributed by atoms with Crippen LogP contribution < -0.4 is 4.74 Å². The van der Waals surface area contributed by atoms with Crippen molar-refractivity contribution in [3.05, 3.63) is 47.7 Å². The molecule has 1 aliphatic heterocycles. The van der Waals surface area contributed by atoms with Crippen molar-refractivity contribution in [3.63, 3.8) is 0 Å². The SMILES string of the molecule is CC(=O)OCc1ccc(CN2CCOC(COc3ccc(C)nc3)C2)o1. The largest absolute Gasteiger partial charge is 0.489 e. The molecule has 2 aromatic heterocycles. The first-order chi connectivity index (χ1) is 12.6. The molecule has 0 aliphatic carbocycles. The summed E-state index contributed by atoms with van der Waals surface area (Å²) in [4.78, 5) is 17.3. The van der Waals surface area contributed by atoms with E-state index in [2.05, 4.69) is 9.88 Å². The van der Waals surface area contributed by atoms with Gasteiger partial charge in [-0.05, 0) is 31.2 Å². The molecule has 7 nitrogen and oxygen atoms in total. The molecule has 0 aromatic carbocycles. The van der Waals surface area contributed by atoms with Crippen molar-refractivity contribution >= 4 is 5.97 Å². The maximum atomic E-state index is 10.9. The predicted molar refractivity (Wildman–Crippen MR) is 93.7 cm³/mol. The summed E-state index contributed by atoms with van der Waals surface area (Å²) in [5.41, 5.74) is 0.962. The predicted octanol–water partition coefficient (Wildman–Crippen LogP) is 2.33. The number of carbonyl (C=O) groups is 1. The number of furan rings is 1. The molecule has 140 valence electrons. The highest BCUT2D eigenvalue weighted by molar-refractivity contribution is 5.65. The van der Waals surface area contributed by atoms with E-state index in [1.807, 2.05) is 31.2 Å². The van der Waals surface area contributed by atoms with Gasteiger partial charge in [-0.3, -0.25) is 14.7 Å². The Morgan fingerprint density at radius 3 is 2.92 bits per heavy atom. The maximum absolute atomic E-state index is 10.9. The van der Waals surface area contributed by atoms with E-state index in [-0.39, 0.29) is 18.7 Å². The fraction of sp³-hybridized carbons (Fsp3) is 0.474. The highest BCUT2D eigenvalue weighted by atomic mass is 16.5. The molecule has 1 saturated heterocycles. The van der Waals surface area contributed by atoms with Gasteiger partial charge in [0.05, 0.1) is 19.3 Å². The molecule has 1 aliphatic rings. The summed E-state index contributed by atoms with van der Waals surface area (Å²) >= 11 is 0. The van der Waals surface area contributed by atoms with E-state index >= 15 is 0 Å². The van der Waals surface area contributed by atoms with Gasteiger partial charge in [0.25, 0.3) is 0 Å². The van der Waals surface area contributed by atoms with Crippen molar-refractivity contribution in [1.29, 1.82) is 0 Å². The first-order valence-corrected chi connectivity index (χ1v) is 8.69. The number of rotatable bonds is 7. The Morgan fingerprint density at radius 1 is 1.31 bits per heavy atom. The second-order valence-corrected chi connectivity index (χ2v) is 6.32. The number of pyridine rings is 1. The van der Waals surface area contributed by atoms with Crippen LogP contribution in [0.15, 0.2) is 34.9 Å². The number of esters is 1. The fourth-order valence-electron chi connectivity index (χ4n) is 2.73. The average Bonchev–Trinajstić information content (AvgIpc) is 3.07. The van der Waals surface area contributed by atoms with Gasteiger partial charge >= 0.3 is 5.97 Å². The molecule has 0 saturated carbocycles. The molecule has 1 atom stereocenters. The summed E-state index contributed by atoms with van der Waals surface area (Å²) < 4.78 is 22.2. The van der Waals surface area contributed by atoms with Crippen LogP contribution in [-0.2, 0) is 27.4 Å². The third kappa shape index (κ3) is 5.57. The van der Waals surface area contributed by atoms with Crippen LogP contribution in [0.5, 0.6) is 5.75 Å². The van der Waals surface area contributed by atoms with Crippen LogP contribution >= 0.6 is 0 Å². The Morgan fingerprint density at radius 2 is 2.15 bits per heavy atom. The quantitative estimate of drug-likeness (QED) is 0.702. The second kappa shape index (κ2) is 8.82. The van der Waals surface area contributed by atoms with Gasteiger partial charge in [-0.1, -0.05) is 0 Å². The summed E-state index contributed by atoms with van der Waals surface area (Å²) in [6, 6.07) is 7.59. The van der Waals surface area contributed by atoms with E-state index < -0.39 is 0 Å². The van der Waals surface area contributed by atoms with Gasteiger partial charge < -0.3 is 18.6 Å². The lowest BCUT2D eigenvalue weighted by atomic mass is 10.2. The molecule has 26 heavy (non-hydrogen) atoms. The summed E-state index contributed by atoms with van der Waals surface area (Å²) in [5.74, 6) is 1.92. The van der Waals surface area contributed by atoms with Gasteiger partial charge in [-0.15, -0.1) is 0 Å². The first kappa shape index (κ1) is 18.4. The van der Waals surface area contributed by atoms with Gasteiger partial charge in [-0.2, -0.15) is 0 Å². The van der Waals surface area contributed by atoms with Crippen LogP contribution in [0.1, 0.15) is 24.1 Å². The number of aryl methyl sites for hydroxylation is 1. The number of nitrogens with zero attached hydrogens (tertiary/aromatic N) is 2. The Bertz CT molecular complexity index is 713. The van der Waals surface area contributed by atoms with E-state index in [4.69, 9.17) is 18.6 Å². The lowest BCUT2D eigenvalue weighted by Gasteiger charge is -2.32. The lowest BCUT2D eigenvalue weighted by molar-refractivity contribution is -0.142. The first-order valence-electron chi connectivity index (χ1n) is 8.69. The number of aromatic nitrogens is 1. The number of carbonyl (C=O) groups excluding carboxylic acids is 1. The number of morpholine rings is 1. The molecule has 0 radical (unpaired) electrons. The number of hydrogen-bond donors (Lipinski definition) is 0. The Kier molecular flexibility index (Phi) is 6.25. The van der Waals surface area contributed by atoms with Crippen LogP contribution in [-0.4, -0.2) is 48.3 Å². The van der Waals surface area contributed by atoms with Crippen molar-refractivity contribution in [2.75, 3.05) is 26.3 Å². The van der Waals surface area contributed by atoms with Gasteiger partial charge in [0, 0.05) is 25.7 Å². The minimum absolute atomic E-state index is 0.000493. The van der Waals surface area contributed by atoms with Crippen molar-refractivity contribution in [1.82, 2.24) is 9.88 Å². The zero-order chi connectivity index (χ0) is 18.4. The second-order valence-electron chi connectivity index (χ2n) is 6.32. The molecule has 0 spiro atoms. The minimum atomic E-state index is -0.317. The van der Waals surface area contributed by atoms with E-state index in [0.29, 0.717) is 25.5 Å². The Balaban J connectivity index is 1.46. The van der Waals surface area contributed by atoms with Gasteiger partial charge in [-0.25, -0.2) is 0 Å². The van der Waals surface area contributed by atoms with Crippen LogP contribution in [0.3, 0.4) is 0 Å². The molecule has 1 fully saturated rings. The zero-order valence-electron chi connectivity index (χ0n) is 15.1. The van der Waals surface area contributed by atoms with Gasteiger partial charge in [0.15, 0.2) is 0 Å². The minimum Gasteiger partial charge on any atom is -0.489 e. The average molecular weight is 360 g/mol. The Hall–Kier alpha value is -2.38. The van der Waals surface area contributed by atoms with Crippen LogP contribution in [0, 0.1) is 6.92 Å².